The molecule has 0 aliphatic rings. The van der Waals surface area contributed by atoms with E-state index in [1.807, 2.05) is 12.1 Å². The first-order valence-corrected chi connectivity index (χ1v) is 15.3. The van der Waals surface area contributed by atoms with E-state index < -0.39 is 16.9 Å². The third-order valence-corrected chi connectivity index (χ3v) is 14.8. The van der Waals surface area contributed by atoms with Crippen LogP contribution < -0.4 is 9.47 Å². The van der Waals surface area contributed by atoms with Gasteiger partial charge in [-0.25, -0.2) is 0 Å². The van der Waals surface area contributed by atoms with Crippen molar-refractivity contribution >= 4 is 16.9 Å². The fourth-order valence-corrected chi connectivity index (χ4v) is 14.1. The molecule has 0 aliphatic carbocycles. The minimum Gasteiger partial charge on any atom is -0.464 e. The van der Waals surface area contributed by atoms with Crippen molar-refractivity contribution in [2.45, 2.75) is 58.4 Å². The lowest BCUT2D eigenvalue weighted by Gasteiger charge is -2.35. The zero-order valence-corrected chi connectivity index (χ0v) is 19.9. The summed E-state index contributed by atoms with van der Waals surface area (Å²) in [7, 11) is 0.999. The molecule has 0 heterocycles. The van der Waals surface area contributed by atoms with Crippen molar-refractivity contribution < 1.29 is 23.4 Å². The maximum Gasteiger partial charge on any atom is 0.188 e. The minimum absolute atomic E-state index is 0.00116. The molecule has 7 heteroatoms. The summed E-state index contributed by atoms with van der Waals surface area (Å²) in [6.45, 7) is 14.2. The molecule has 0 saturated carbocycles. The number of hydrogen-bond donors (Lipinski definition) is 0. The molecule has 0 bridgehead atoms. The normalized spacial score (nSPS) is 14.3. The molecule has 0 spiro atoms. The lowest BCUT2D eigenvalue weighted by molar-refractivity contribution is 0.0302. The van der Waals surface area contributed by atoms with E-state index in [1.54, 1.807) is 14.2 Å². The molecule has 2 atom stereocenters. The molecule has 2 unspecified atom stereocenters. The summed E-state index contributed by atoms with van der Waals surface area (Å²) in [5, 5.41) is 0.242. The number of ether oxygens (including phenoxy) is 4. The van der Waals surface area contributed by atoms with E-state index in [9.17, 15) is 0 Å². The van der Waals surface area contributed by atoms with Gasteiger partial charge in [-0.1, -0.05) is 52.9 Å². The molecule has 1 aromatic rings. The van der Waals surface area contributed by atoms with Crippen LogP contribution in [0.5, 0.6) is 11.5 Å². The zero-order chi connectivity index (χ0) is 19.7. The van der Waals surface area contributed by atoms with E-state index in [0.29, 0.717) is 11.5 Å². The molecule has 0 N–H and O–H groups in total. The second kappa shape index (κ2) is 11.1. The maximum atomic E-state index is 6.78. The van der Waals surface area contributed by atoms with Gasteiger partial charge < -0.3 is 23.4 Å². The van der Waals surface area contributed by atoms with Crippen LogP contribution in [0.1, 0.15) is 45.8 Å². The predicted octanol–water partition coefficient (Wildman–Crippen LogP) is 4.21. The van der Waals surface area contributed by atoms with Crippen LogP contribution in [-0.2, 0) is 13.9 Å². The van der Waals surface area contributed by atoms with Gasteiger partial charge in [0.15, 0.2) is 33.6 Å². The summed E-state index contributed by atoms with van der Waals surface area (Å²) >= 11 is 0. The number of para-hydroxylation sites is 1. The van der Waals surface area contributed by atoms with Gasteiger partial charge in [0.2, 0.25) is 0 Å². The first-order valence-electron chi connectivity index (χ1n) is 9.28. The van der Waals surface area contributed by atoms with Gasteiger partial charge in [0.05, 0.1) is 14.4 Å². The van der Waals surface area contributed by atoms with Crippen LogP contribution in [0.15, 0.2) is 18.2 Å². The molecule has 150 valence electrons. The minimum atomic E-state index is -1.34. The molecule has 0 amide bonds. The third-order valence-electron chi connectivity index (χ3n) is 4.15. The lowest BCUT2D eigenvalue weighted by atomic mass is 10.1. The first-order chi connectivity index (χ1) is 12.3. The van der Waals surface area contributed by atoms with Gasteiger partial charge in [0, 0.05) is 19.8 Å². The number of hydrogen-bond acceptors (Lipinski definition) is 5. The van der Waals surface area contributed by atoms with Gasteiger partial charge in [-0.15, -0.1) is 0 Å². The summed E-state index contributed by atoms with van der Waals surface area (Å²) in [4.78, 5) is 0. The van der Waals surface area contributed by atoms with Crippen molar-refractivity contribution in [1.82, 2.24) is 0 Å². The van der Waals surface area contributed by atoms with Crippen LogP contribution in [0.2, 0.25) is 18.1 Å². The predicted molar refractivity (Wildman–Crippen MR) is 111 cm³/mol. The molecular formula is C19H36O5Si2. The largest absolute Gasteiger partial charge is 0.464 e. The Morgan fingerprint density at radius 2 is 1.62 bits per heavy atom. The average molecular weight is 401 g/mol. The second-order valence-corrected chi connectivity index (χ2v) is 19.0. The van der Waals surface area contributed by atoms with E-state index >= 15 is 0 Å². The first kappa shape index (κ1) is 23.2. The van der Waals surface area contributed by atoms with Crippen molar-refractivity contribution in [1.29, 1.82) is 0 Å². The second-order valence-electron chi connectivity index (χ2n) is 7.84. The molecule has 0 fully saturated rings. The SMILES string of the molecule is CCC(O[SiH]([SiH](C)C)C(C)(C)C)c1cccc(OCOC)c1OCOC. The van der Waals surface area contributed by atoms with E-state index in [1.165, 1.54) is 0 Å². The Kier molecular flexibility index (Phi) is 9.88. The van der Waals surface area contributed by atoms with E-state index in [2.05, 4.69) is 46.9 Å². The molecule has 0 saturated heterocycles. The summed E-state index contributed by atoms with van der Waals surface area (Å²) in [6.07, 6.45) is 0.886. The Hall–Kier alpha value is -0.866. The van der Waals surface area contributed by atoms with Crippen molar-refractivity contribution in [2.24, 2.45) is 0 Å². The Bertz CT molecular complexity index is 531. The molecule has 0 radical (unpaired) electrons. The lowest BCUT2D eigenvalue weighted by Crippen LogP contribution is -2.42. The highest BCUT2D eigenvalue weighted by atomic mass is 29.2. The fourth-order valence-electron chi connectivity index (χ4n) is 3.22. The van der Waals surface area contributed by atoms with Crippen LogP contribution in [-0.4, -0.2) is 44.7 Å². The molecule has 26 heavy (non-hydrogen) atoms. The highest BCUT2D eigenvalue weighted by Crippen LogP contribution is 2.40. The number of benzene rings is 1. The van der Waals surface area contributed by atoms with Crippen molar-refractivity contribution in [3.05, 3.63) is 23.8 Å². The smallest absolute Gasteiger partial charge is 0.188 e. The quantitative estimate of drug-likeness (QED) is 0.411. The Morgan fingerprint density at radius 3 is 2.12 bits per heavy atom. The van der Waals surface area contributed by atoms with Crippen molar-refractivity contribution in [3.8, 4) is 11.5 Å². The Morgan fingerprint density at radius 1 is 1.00 bits per heavy atom. The molecule has 1 rings (SSSR count). The Labute approximate surface area is 162 Å². The summed E-state index contributed by atoms with van der Waals surface area (Å²) in [6, 6.07) is 5.93. The standard InChI is InChI=1S/C19H36O5Si2/c1-9-16(24-26(25(7)8)19(2,3)4)15-11-10-12-17(22-13-20-5)18(15)23-14-21-6/h10-12,16,25-26H,9,13-14H2,1-8H3. The van der Waals surface area contributed by atoms with Crippen molar-refractivity contribution in [2.75, 3.05) is 27.8 Å². The van der Waals surface area contributed by atoms with Crippen LogP contribution in [0, 0.1) is 0 Å². The molecule has 0 aliphatic heterocycles. The topological polar surface area (TPSA) is 46.2 Å². The fraction of sp³-hybridized carbons (Fsp3) is 0.684. The average Bonchev–Trinajstić information content (AvgIpc) is 2.57. The van der Waals surface area contributed by atoms with Crippen LogP contribution in [0.25, 0.3) is 0 Å². The van der Waals surface area contributed by atoms with Gasteiger partial charge >= 0.3 is 0 Å². The van der Waals surface area contributed by atoms with E-state index in [-0.39, 0.29) is 24.7 Å². The van der Waals surface area contributed by atoms with Gasteiger partial charge in [-0.2, -0.15) is 0 Å². The highest BCUT2D eigenvalue weighted by molar-refractivity contribution is 7.19. The van der Waals surface area contributed by atoms with Gasteiger partial charge in [-0.3, -0.25) is 0 Å². The number of rotatable bonds is 11. The summed E-state index contributed by atoms with van der Waals surface area (Å²) < 4.78 is 28.5. The van der Waals surface area contributed by atoms with E-state index in [0.717, 1.165) is 12.0 Å². The molecule has 0 aromatic heterocycles. The van der Waals surface area contributed by atoms with Gasteiger partial charge in [0.25, 0.3) is 0 Å². The van der Waals surface area contributed by atoms with Crippen LogP contribution in [0.3, 0.4) is 0 Å². The maximum absolute atomic E-state index is 6.78. The van der Waals surface area contributed by atoms with Gasteiger partial charge in [-0.05, 0) is 17.5 Å². The number of methoxy groups -OCH3 is 2. The zero-order valence-electron chi connectivity index (χ0n) is 17.6. The van der Waals surface area contributed by atoms with Crippen molar-refractivity contribution in [3.63, 3.8) is 0 Å². The third kappa shape index (κ3) is 6.70. The van der Waals surface area contributed by atoms with E-state index in [4.69, 9.17) is 23.4 Å². The molecular weight excluding hydrogens is 364 g/mol. The highest BCUT2D eigenvalue weighted by Gasteiger charge is 2.34. The van der Waals surface area contributed by atoms with Crippen LogP contribution >= 0.6 is 0 Å². The van der Waals surface area contributed by atoms with Crippen LogP contribution in [0.4, 0.5) is 0 Å². The molecule has 1 aromatic carbocycles. The summed E-state index contributed by atoms with van der Waals surface area (Å²) in [5.74, 6) is 1.34. The summed E-state index contributed by atoms with van der Waals surface area (Å²) in [5.41, 5.74) is 1.02. The monoisotopic (exact) mass is 400 g/mol. The molecule has 5 nitrogen and oxygen atoms in total. The Balaban J connectivity index is 3.22. The van der Waals surface area contributed by atoms with Gasteiger partial charge in [0.1, 0.15) is 0 Å².